The van der Waals surface area contributed by atoms with Gasteiger partial charge >= 0.3 is 0 Å². The largest absolute Gasteiger partial charge is 0.358 e. The molecule has 2 aromatic heterocycles. The fourth-order valence-corrected chi connectivity index (χ4v) is 2.45. The number of hydrazone groups is 1. The standard InChI is InChI=1S/C17H19N5O/c1-10(2)15-8-16(23)21-17(20-15)22-18-9-13-11(3)19-14-7-5-4-6-12(13)14/h4-10,19H,1-3H3,(H2,20,21,22,23)/b18-9-. The van der Waals surface area contributed by atoms with E-state index in [2.05, 4.69) is 25.5 Å². The molecule has 3 rings (SSSR count). The lowest BCUT2D eigenvalue weighted by molar-refractivity contribution is 0.810. The number of hydrogen-bond donors (Lipinski definition) is 3. The highest BCUT2D eigenvalue weighted by Gasteiger charge is 2.06. The van der Waals surface area contributed by atoms with E-state index >= 15 is 0 Å². The van der Waals surface area contributed by atoms with Gasteiger partial charge in [-0.1, -0.05) is 32.0 Å². The number of hydrogen-bond acceptors (Lipinski definition) is 4. The number of aromatic amines is 2. The van der Waals surface area contributed by atoms with E-state index in [0.29, 0.717) is 5.95 Å². The fraction of sp³-hybridized carbons (Fsp3) is 0.235. The molecule has 0 radical (unpaired) electrons. The predicted octanol–water partition coefficient (Wildman–Crippen LogP) is 3.13. The van der Waals surface area contributed by atoms with Crippen LogP contribution in [0.5, 0.6) is 0 Å². The van der Waals surface area contributed by atoms with Crippen molar-refractivity contribution in [3.63, 3.8) is 0 Å². The Morgan fingerprint density at radius 3 is 2.83 bits per heavy atom. The first-order valence-corrected chi connectivity index (χ1v) is 7.52. The second kappa shape index (κ2) is 6.08. The van der Waals surface area contributed by atoms with E-state index in [1.165, 1.54) is 6.07 Å². The van der Waals surface area contributed by atoms with Crippen molar-refractivity contribution < 1.29 is 0 Å². The van der Waals surface area contributed by atoms with Crippen molar-refractivity contribution in [2.75, 3.05) is 5.43 Å². The summed E-state index contributed by atoms with van der Waals surface area (Å²) in [6.07, 6.45) is 1.73. The van der Waals surface area contributed by atoms with Crippen LogP contribution in [0.3, 0.4) is 0 Å². The number of benzene rings is 1. The van der Waals surface area contributed by atoms with Crippen LogP contribution in [0.25, 0.3) is 10.9 Å². The summed E-state index contributed by atoms with van der Waals surface area (Å²) in [6.45, 7) is 5.98. The Kier molecular flexibility index (Phi) is 3.97. The fourth-order valence-electron chi connectivity index (χ4n) is 2.45. The highest BCUT2D eigenvalue weighted by Crippen LogP contribution is 2.20. The van der Waals surface area contributed by atoms with Crippen LogP contribution >= 0.6 is 0 Å². The molecular formula is C17H19N5O. The van der Waals surface area contributed by atoms with E-state index in [4.69, 9.17) is 0 Å². The van der Waals surface area contributed by atoms with Crippen molar-refractivity contribution in [1.82, 2.24) is 15.0 Å². The van der Waals surface area contributed by atoms with E-state index in [1.54, 1.807) is 6.21 Å². The van der Waals surface area contributed by atoms with Crippen LogP contribution in [-0.2, 0) is 0 Å². The zero-order valence-corrected chi connectivity index (χ0v) is 13.3. The summed E-state index contributed by atoms with van der Waals surface area (Å²) in [4.78, 5) is 21.9. The quantitative estimate of drug-likeness (QED) is 0.511. The average molecular weight is 309 g/mol. The first-order valence-electron chi connectivity index (χ1n) is 7.52. The lowest BCUT2D eigenvalue weighted by Gasteiger charge is -2.05. The minimum absolute atomic E-state index is 0.178. The molecule has 0 amide bonds. The maximum Gasteiger partial charge on any atom is 0.252 e. The molecule has 6 nitrogen and oxygen atoms in total. The molecule has 3 aromatic rings. The molecule has 1 aromatic carbocycles. The summed E-state index contributed by atoms with van der Waals surface area (Å²) in [6, 6.07) is 9.55. The lowest BCUT2D eigenvalue weighted by Crippen LogP contribution is -2.12. The third-order valence-corrected chi connectivity index (χ3v) is 3.66. The normalized spacial score (nSPS) is 11.7. The van der Waals surface area contributed by atoms with Crippen LogP contribution in [0.4, 0.5) is 5.95 Å². The minimum atomic E-state index is -0.190. The molecule has 6 heteroatoms. The lowest BCUT2D eigenvalue weighted by atomic mass is 10.1. The first-order chi connectivity index (χ1) is 11.0. The molecule has 0 fully saturated rings. The molecule has 0 spiro atoms. The maximum atomic E-state index is 11.6. The number of nitrogens with one attached hydrogen (secondary N) is 3. The van der Waals surface area contributed by atoms with Crippen molar-refractivity contribution in [1.29, 1.82) is 0 Å². The number of para-hydroxylation sites is 1. The van der Waals surface area contributed by atoms with Gasteiger partial charge in [-0.2, -0.15) is 5.10 Å². The molecule has 0 saturated carbocycles. The Hall–Kier alpha value is -2.89. The molecule has 3 N–H and O–H groups in total. The number of aryl methyl sites for hydroxylation is 1. The van der Waals surface area contributed by atoms with E-state index in [0.717, 1.165) is 27.9 Å². The number of H-pyrrole nitrogens is 2. The molecule has 0 saturated heterocycles. The van der Waals surface area contributed by atoms with Crippen molar-refractivity contribution >= 4 is 23.1 Å². The van der Waals surface area contributed by atoms with Crippen LogP contribution in [-0.4, -0.2) is 21.2 Å². The SMILES string of the molecule is Cc1[nH]c2ccccc2c1/C=N\Nc1nc(C(C)C)cc(=O)[nH]1. The molecule has 0 aliphatic rings. The van der Waals surface area contributed by atoms with E-state index < -0.39 is 0 Å². The highest BCUT2D eigenvalue weighted by molar-refractivity contribution is 6.00. The van der Waals surface area contributed by atoms with Gasteiger partial charge in [0.25, 0.3) is 5.56 Å². The Morgan fingerprint density at radius 2 is 2.04 bits per heavy atom. The number of rotatable bonds is 4. The Labute approximate surface area is 133 Å². The van der Waals surface area contributed by atoms with Gasteiger partial charge in [-0.15, -0.1) is 0 Å². The number of aromatic nitrogens is 3. The molecule has 0 unspecified atom stereocenters. The van der Waals surface area contributed by atoms with Crippen molar-refractivity contribution in [3.8, 4) is 0 Å². The Balaban J connectivity index is 1.86. The van der Waals surface area contributed by atoms with Gasteiger partial charge in [-0.25, -0.2) is 10.4 Å². The van der Waals surface area contributed by atoms with Gasteiger partial charge in [0.05, 0.1) is 11.9 Å². The molecule has 118 valence electrons. The van der Waals surface area contributed by atoms with Gasteiger partial charge in [0.1, 0.15) is 0 Å². The van der Waals surface area contributed by atoms with E-state index in [9.17, 15) is 4.79 Å². The summed E-state index contributed by atoms with van der Waals surface area (Å²) >= 11 is 0. The summed E-state index contributed by atoms with van der Waals surface area (Å²) in [5, 5.41) is 5.31. The highest BCUT2D eigenvalue weighted by atomic mass is 16.1. The summed E-state index contributed by atoms with van der Waals surface area (Å²) in [5.41, 5.74) is 6.46. The predicted molar refractivity (Wildman–Crippen MR) is 93.2 cm³/mol. The molecule has 23 heavy (non-hydrogen) atoms. The van der Waals surface area contributed by atoms with Crippen LogP contribution in [0.1, 0.15) is 36.7 Å². The number of fused-ring (bicyclic) bond motifs is 1. The maximum absolute atomic E-state index is 11.6. The van der Waals surface area contributed by atoms with Crippen LogP contribution in [0.2, 0.25) is 0 Å². The molecular weight excluding hydrogens is 290 g/mol. The topological polar surface area (TPSA) is 85.9 Å². The number of nitrogens with zero attached hydrogens (tertiary/aromatic N) is 2. The van der Waals surface area contributed by atoms with E-state index in [-0.39, 0.29) is 11.5 Å². The van der Waals surface area contributed by atoms with E-state index in [1.807, 2.05) is 45.0 Å². The van der Waals surface area contributed by atoms with Gasteiger partial charge in [-0.3, -0.25) is 9.78 Å². The Bertz CT molecular complexity index is 920. The average Bonchev–Trinajstić information content (AvgIpc) is 2.83. The second-order valence-electron chi connectivity index (χ2n) is 5.75. The number of anilines is 1. The minimum Gasteiger partial charge on any atom is -0.358 e. The molecule has 0 aliphatic carbocycles. The third kappa shape index (κ3) is 3.15. The van der Waals surface area contributed by atoms with Gasteiger partial charge < -0.3 is 4.98 Å². The third-order valence-electron chi connectivity index (χ3n) is 3.66. The van der Waals surface area contributed by atoms with Crippen LogP contribution in [0.15, 0.2) is 40.2 Å². The van der Waals surface area contributed by atoms with Crippen LogP contribution < -0.4 is 11.0 Å². The van der Waals surface area contributed by atoms with Crippen molar-refractivity contribution in [2.45, 2.75) is 26.7 Å². The molecule has 0 aliphatic heterocycles. The zero-order chi connectivity index (χ0) is 16.4. The van der Waals surface area contributed by atoms with Crippen LogP contribution in [0, 0.1) is 6.92 Å². The Morgan fingerprint density at radius 1 is 1.26 bits per heavy atom. The summed E-state index contributed by atoms with van der Waals surface area (Å²) < 4.78 is 0. The molecule has 2 heterocycles. The molecule has 0 atom stereocenters. The van der Waals surface area contributed by atoms with Gasteiger partial charge in [-0.05, 0) is 18.9 Å². The smallest absolute Gasteiger partial charge is 0.252 e. The van der Waals surface area contributed by atoms with Gasteiger partial charge in [0.2, 0.25) is 5.95 Å². The zero-order valence-electron chi connectivity index (χ0n) is 13.3. The van der Waals surface area contributed by atoms with Crippen molar-refractivity contribution in [3.05, 3.63) is 57.6 Å². The van der Waals surface area contributed by atoms with Gasteiger partial charge in [0.15, 0.2) is 0 Å². The summed E-state index contributed by atoms with van der Waals surface area (Å²) in [7, 11) is 0. The summed E-state index contributed by atoms with van der Waals surface area (Å²) in [5.74, 6) is 0.521. The van der Waals surface area contributed by atoms with Crippen molar-refractivity contribution in [2.24, 2.45) is 5.10 Å². The monoisotopic (exact) mass is 309 g/mol. The second-order valence-corrected chi connectivity index (χ2v) is 5.75. The first kappa shape index (κ1) is 15.0. The van der Waals surface area contributed by atoms with Gasteiger partial charge in [0, 0.05) is 28.2 Å². The molecule has 0 bridgehead atoms.